The highest BCUT2D eigenvalue weighted by atomic mass is 35.5. The Kier molecular flexibility index (Phi) is 5.73. The first kappa shape index (κ1) is 17.5. The number of carbonyl (C=O) groups excluding carboxylic acids is 1. The molecule has 7 heteroatoms. The van der Waals surface area contributed by atoms with E-state index in [2.05, 4.69) is 15.5 Å². The number of carbonyl (C=O) groups is 1. The summed E-state index contributed by atoms with van der Waals surface area (Å²) in [6, 6.07) is 17.3. The van der Waals surface area contributed by atoms with Gasteiger partial charge in [-0.05, 0) is 36.8 Å². The van der Waals surface area contributed by atoms with Crippen molar-refractivity contribution in [1.29, 1.82) is 0 Å². The van der Waals surface area contributed by atoms with Crippen LogP contribution in [0.2, 0.25) is 5.02 Å². The van der Waals surface area contributed by atoms with Crippen LogP contribution in [0.3, 0.4) is 0 Å². The zero-order chi connectivity index (χ0) is 17.6. The predicted octanol–water partition coefficient (Wildman–Crippen LogP) is 3.64. The van der Waals surface area contributed by atoms with Crippen molar-refractivity contribution in [2.24, 2.45) is 0 Å². The molecule has 0 fully saturated rings. The van der Waals surface area contributed by atoms with Crippen molar-refractivity contribution in [3.8, 4) is 5.69 Å². The van der Waals surface area contributed by atoms with Gasteiger partial charge in [-0.2, -0.15) is 0 Å². The zero-order valence-electron chi connectivity index (χ0n) is 13.6. The van der Waals surface area contributed by atoms with Crippen LogP contribution in [0.4, 0.5) is 0 Å². The summed E-state index contributed by atoms with van der Waals surface area (Å²) in [5.74, 6) is 0.991. The minimum atomic E-state index is -0.0443. The molecule has 0 aliphatic rings. The van der Waals surface area contributed by atoms with Crippen LogP contribution in [-0.4, -0.2) is 26.4 Å². The highest BCUT2D eigenvalue weighted by Crippen LogP contribution is 2.22. The summed E-state index contributed by atoms with van der Waals surface area (Å²) in [4.78, 5) is 12.1. The Labute approximate surface area is 155 Å². The molecule has 1 N–H and O–H groups in total. The van der Waals surface area contributed by atoms with Gasteiger partial charge in [0.25, 0.3) is 0 Å². The van der Waals surface area contributed by atoms with Crippen LogP contribution >= 0.6 is 23.4 Å². The van der Waals surface area contributed by atoms with Crippen molar-refractivity contribution in [3.63, 3.8) is 0 Å². The van der Waals surface area contributed by atoms with E-state index in [1.807, 2.05) is 66.1 Å². The van der Waals surface area contributed by atoms with Gasteiger partial charge in [-0.1, -0.05) is 53.7 Å². The molecule has 1 heterocycles. The Hall–Kier alpha value is -2.31. The van der Waals surface area contributed by atoms with Gasteiger partial charge in [0.1, 0.15) is 5.82 Å². The number of rotatable bonds is 6. The minimum absolute atomic E-state index is 0.0443. The van der Waals surface area contributed by atoms with Gasteiger partial charge in [-0.25, -0.2) is 0 Å². The first-order valence-corrected chi connectivity index (χ1v) is 9.11. The molecule has 1 amide bonds. The summed E-state index contributed by atoms with van der Waals surface area (Å²) in [6.45, 7) is 2.39. The van der Waals surface area contributed by atoms with Crippen molar-refractivity contribution < 1.29 is 4.79 Å². The maximum atomic E-state index is 12.1. The molecule has 0 unspecified atom stereocenters. The Bertz CT molecular complexity index is 849. The highest BCUT2D eigenvalue weighted by Gasteiger charge is 2.13. The van der Waals surface area contributed by atoms with Crippen molar-refractivity contribution >= 4 is 29.3 Å². The standard InChI is InChI=1S/C18H17ClN4OS/c1-13-21-22-18(23(13)16-9-7-15(19)8-10-16)25-12-17(24)20-11-14-5-3-2-4-6-14/h2-10H,11-12H2,1H3,(H,20,24). The maximum Gasteiger partial charge on any atom is 0.230 e. The van der Waals surface area contributed by atoms with Gasteiger partial charge in [0.05, 0.1) is 5.75 Å². The van der Waals surface area contributed by atoms with Crippen LogP contribution in [-0.2, 0) is 11.3 Å². The molecule has 0 radical (unpaired) electrons. The maximum absolute atomic E-state index is 12.1. The number of nitrogens with zero attached hydrogens (tertiary/aromatic N) is 3. The fourth-order valence-corrected chi connectivity index (χ4v) is 3.25. The SMILES string of the molecule is Cc1nnc(SCC(=O)NCc2ccccc2)n1-c1ccc(Cl)cc1. The number of aromatic nitrogens is 3. The van der Waals surface area contributed by atoms with E-state index >= 15 is 0 Å². The van der Waals surface area contributed by atoms with Gasteiger partial charge in [-0.15, -0.1) is 10.2 Å². The van der Waals surface area contributed by atoms with Crippen LogP contribution in [0, 0.1) is 6.92 Å². The molecule has 0 bridgehead atoms. The third-order valence-electron chi connectivity index (χ3n) is 3.54. The summed E-state index contributed by atoms with van der Waals surface area (Å²) < 4.78 is 1.91. The number of amides is 1. The van der Waals surface area contributed by atoms with E-state index in [4.69, 9.17) is 11.6 Å². The summed E-state index contributed by atoms with van der Waals surface area (Å²) >= 11 is 7.30. The molecule has 1 aromatic heterocycles. The largest absolute Gasteiger partial charge is 0.351 e. The van der Waals surface area contributed by atoms with Crippen molar-refractivity contribution in [2.75, 3.05) is 5.75 Å². The van der Waals surface area contributed by atoms with Crippen molar-refractivity contribution in [3.05, 3.63) is 71.0 Å². The van der Waals surface area contributed by atoms with Crippen molar-refractivity contribution in [2.45, 2.75) is 18.6 Å². The highest BCUT2D eigenvalue weighted by molar-refractivity contribution is 7.99. The lowest BCUT2D eigenvalue weighted by Gasteiger charge is -2.09. The lowest BCUT2D eigenvalue weighted by atomic mass is 10.2. The lowest BCUT2D eigenvalue weighted by Crippen LogP contribution is -2.24. The molecule has 0 saturated carbocycles. The third kappa shape index (κ3) is 4.61. The van der Waals surface area contributed by atoms with E-state index in [1.165, 1.54) is 11.8 Å². The molecule has 0 atom stereocenters. The molecule has 5 nitrogen and oxygen atoms in total. The average molecular weight is 373 g/mol. The van der Waals surface area contributed by atoms with Gasteiger partial charge in [0.2, 0.25) is 5.91 Å². The number of halogens is 1. The Balaban J connectivity index is 1.62. The molecule has 25 heavy (non-hydrogen) atoms. The smallest absolute Gasteiger partial charge is 0.230 e. The lowest BCUT2D eigenvalue weighted by molar-refractivity contribution is -0.118. The van der Waals surface area contributed by atoms with E-state index in [1.54, 1.807) is 0 Å². The zero-order valence-corrected chi connectivity index (χ0v) is 15.2. The molecular formula is C18H17ClN4OS. The third-order valence-corrected chi connectivity index (χ3v) is 4.73. The molecule has 2 aromatic carbocycles. The second kappa shape index (κ2) is 8.18. The van der Waals surface area contributed by atoms with E-state index in [0.717, 1.165) is 17.1 Å². The number of hydrogen-bond acceptors (Lipinski definition) is 4. The van der Waals surface area contributed by atoms with Gasteiger partial charge < -0.3 is 5.32 Å². The van der Waals surface area contributed by atoms with Crippen LogP contribution in [0.5, 0.6) is 0 Å². The van der Waals surface area contributed by atoms with Crippen LogP contribution < -0.4 is 5.32 Å². The van der Waals surface area contributed by atoms with Crippen LogP contribution in [0.1, 0.15) is 11.4 Å². The summed E-state index contributed by atoms with van der Waals surface area (Å²) in [6.07, 6.45) is 0. The molecule has 3 rings (SSSR count). The fourth-order valence-electron chi connectivity index (χ4n) is 2.30. The number of hydrogen-bond donors (Lipinski definition) is 1. The topological polar surface area (TPSA) is 59.8 Å². The van der Waals surface area contributed by atoms with Crippen molar-refractivity contribution in [1.82, 2.24) is 20.1 Å². The van der Waals surface area contributed by atoms with Gasteiger partial charge in [0.15, 0.2) is 5.16 Å². The predicted molar refractivity (Wildman–Crippen MR) is 100 cm³/mol. The number of thioether (sulfide) groups is 1. The summed E-state index contributed by atoms with van der Waals surface area (Å²) in [7, 11) is 0. The molecule has 0 spiro atoms. The average Bonchev–Trinajstić information content (AvgIpc) is 3.00. The van der Waals surface area contributed by atoms with Crippen LogP contribution in [0.15, 0.2) is 59.8 Å². The molecule has 128 valence electrons. The first-order chi connectivity index (χ1) is 12.1. The van der Waals surface area contributed by atoms with E-state index < -0.39 is 0 Å². The molecule has 0 aliphatic heterocycles. The summed E-state index contributed by atoms with van der Waals surface area (Å²) in [5, 5.41) is 12.5. The second-order valence-electron chi connectivity index (χ2n) is 5.39. The quantitative estimate of drug-likeness (QED) is 0.671. The van der Waals surface area contributed by atoms with E-state index in [0.29, 0.717) is 16.7 Å². The second-order valence-corrected chi connectivity index (χ2v) is 6.77. The number of benzene rings is 2. The van der Waals surface area contributed by atoms with E-state index in [9.17, 15) is 4.79 Å². The fraction of sp³-hybridized carbons (Fsp3) is 0.167. The van der Waals surface area contributed by atoms with Gasteiger partial charge in [0, 0.05) is 17.3 Å². The Morgan fingerprint density at radius 2 is 1.84 bits per heavy atom. The summed E-state index contributed by atoms with van der Waals surface area (Å²) in [5.41, 5.74) is 1.99. The molecule has 0 aliphatic carbocycles. The molecular weight excluding hydrogens is 356 g/mol. The van der Waals surface area contributed by atoms with E-state index in [-0.39, 0.29) is 11.7 Å². The monoisotopic (exact) mass is 372 g/mol. The molecule has 0 saturated heterocycles. The number of aryl methyl sites for hydroxylation is 1. The Morgan fingerprint density at radius 1 is 1.12 bits per heavy atom. The van der Waals surface area contributed by atoms with Gasteiger partial charge in [-0.3, -0.25) is 9.36 Å². The number of nitrogens with one attached hydrogen (secondary N) is 1. The molecule has 3 aromatic rings. The first-order valence-electron chi connectivity index (χ1n) is 7.75. The normalized spacial score (nSPS) is 10.6. The van der Waals surface area contributed by atoms with Gasteiger partial charge >= 0.3 is 0 Å². The Morgan fingerprint density at radius 3 is 2.56 bits per heavy atom. The van der Waals surface area contributed by atoms with Crippen LogP contribution in [0.25, 0.3) is 5.69 Å². The minimum Gasteiger partial charge on any atom is -0.351 e.